The molecule has 0 saturated carbocycles. The summed E-state index contributed by atoms with van der Waals surface area (Å²) in [5.41, 5.74) is 3.23. The van der Waals surface area contributed by atoms with E-state index in [4.69, 9.17) is 4.74 Å². The molecule has 1 N–H and O–H groups in total. The van der Waals surface area contributed by atoms with Crippen molar-refractivity contribution in [2.24, 2.45) is 5.92 Å². The fourth-order valence-electron chi connectivity index (χ4n) is 3.09. The zero-order valence-corrected chi connectivity index (χ0v) is 15.0. The van der Waals surface area contributed by atoms with Crippen LogP contribution in [0.4, 0.5) is 11.4 Å². The van der Waals surface area contributed by atoms with Gasteiger partial charge in [0.2, 0.25) is 5.91 Å². The lowest BCUT2D eigenvalue weighted by molar-refractivity contribution is -0.115. The number of nitrogens with one attached hydrogen (secondary N) is 1. The Morgan fingerprint density at radius 1 is 1.16 bits per heavy atom. The molecular weight excluding hydrogens is 312 g/mol. The summed E-state index contributed by atoms with van der Waals surface area (Å²) in [6.07, 6.45) is 2.17. The molecule has 0 saturated heterocycles. The number of nitrogens with zero attached hydrogens (tertiary/aromatic N) is 1. The standard InChI is InChI=1S/C21H26N2O2/c1-16(2)15-25-20-12-6-4-10-18(20)22-21(24)14-23-13-7-9-17-8-3-5-11-19(17)23/h3-6,8,10-12,16H,7,9,13-15H2,1-2H3,(H,22,24). The van der Waals surface area contributed by atoms with Crippen LogP contribution in [0.1, 0.15) is 25.8 Å². The first kappa shape index (κ1) is 17.3. The van der Waals surface area contributed by atoms with E-state index in [1.54, 1.807) is 0 Å². The van der Waals surface area contributed by atoms with Gasteiger partial charge in [0.25, 0.3) is 0 Å². The fraction of sp³-hybridized carbons (Fsp3) is 0.381. The number of benzene rings is 2. The monoisotopic (exact) mass is 338 g/mol. The SMILES string of the molecule is CC(C)COc1ccccc1NC(=O)CN1CCCc2ccccc21. The van der Waals surface area contributed by atoms with Crippen molar-refractivity contribution < 1.29 is 9.53 Å². The van der Waals surface area contributed by atoms with E-state index in [0.717, 1.165) is 30.8 Å². The van der Waals surface area contributed by atoms with Gasteiger partial charge >= 0.3 is 0 Å². The summed E-state index contributed by atoms with van der Waals surface area (Å²) in [7, 11) is 0. The number of fused-ring (bicyclic) bond motifs is 1. The summed E-state index contributed by atoms with van der Waals surface area (Å²) in [5.74, 6) is 1.15. The molecule has 0 fully saturated rings. The highest BCUT2D eigenvalue weighted by Gasteiger charge is 2.19. The van der Waals surface area contributed by atoms with E-state index < -0.39 is 0 Å². The smallest absolute Gasteiger partial charge is 0.243 e. The van der Waals surface area contributed by atoms with Crippen molar-refractivity contribution in [3.63, 3.8) is 0 Å². The molecule has 0 bridgehead atoms. The van der Waals surface area contributed by atoms with E-state index >= 15 is 0 Å². The minimum atomic E-state index is -0.0164. The lowest BCUT2D eigenvalue weighted by Gasteiger charge is -2.30. The molecule has 1 aliphatic rings. The second-order valence-electron chi connectivity index (χ2n) is 6.90. The normalized spacial score (nSPS) is 13.5. The second-order valence-corrected chi connectivity index (χ2v) is 6.90. The van der Waals surface area contributed by atoms with E-state index in [0.29, 0.717) is 19.1 Å². The number of anilines is 2. The van der Waals surface area contributed by atoms with Crippen molar-refractivity contribution in [2.45, 2.75) is 26.7 Å². The highest BCUT2D eigenvalue weighted by atomic mass is 16.5. The Balaban J connectivity index is 1.66. The molecule has 0 aromatic heterocycles. The number of ether oxygens (including phenoxy) is 1. The van der Waals surface area contributed by atoms with Crippen LogP contribution in [0.25, 0.3) is 0 Å². The Kier molecular flexibility index (Phi) is 5.59. The molecule has 0 radical (unpaired) electrons. The van der Waals surface area contributed by atoms with Crippen LogP contribution in [0, 0.1) is 5.92 Å². The topological polar surface area (TPSA) is 41.6 Å². The van der Waals surface area contributed by atoms with Crippen LogP contribution in [-0.2, 0) is 11.2 Å². The summed E-state index contributed by atoms with van der Waals surface area (Å²) >= 11 is 0. The molecule has 0 unspecified atom stereocenters. The summed E-state index contributed by atoms with van der Waals surface area (Å²) < 4.78 is 5.82. The Morgan fingerprint density at radius 3 is 2.76 bits per heavy atom. The van der Waals surface area contributed by atoms with Crippen molar-refractivity contribution in [3.05, 3.63) is 54.1 Å². The predicted octanol–water partition coefficient (Wildman–Crippen LogP) is 4.11. The lowest BCUT2D eigenvalue weighted by Crippen LogP contribution is -2.36. The maximum absolute atomic E-state index is 12.6. The number of rotatable bonds is 6. The Labute approximate surface area is 149 Å². The molecule has 1 amide bonds. The van der Waals surface area contributed by atoms with E-state index in [2.05, 4.69) is 42.3 Å². The number of para-hydroxylation sites is 3. The minimum Gasteiger partial charge on any atom is -0.491 e. The zero-order valence-electron chi connectivity index (χ0n) is 15.0. The maximum atomic E-state index is 12.6. The van der Waals surface area contributed by atoms with Gasteiger partial charge in [-0.3, -0.25) is 4.79 Å². The van der Waals surface area contributed by atoms with Crippen molar-refractivity contribution >= 4 is 17.3 Å². The van der Waals surface area contributed by atoms with Crippen molar-refractivity contribution in [1.82, 2.24) is 0 Å². The highest BCUT2D eigenvalue weighted by Crippen LogP contribution is 2.27. The van der Waals surface area contributed by atoms with Crippen molar-refractivity contribution in [1.29, 1.82) is 0 Å². The average molecular weight is 338 g/mol. The van der Waals surface area contributed by atoms with Crippen LogP contribution in [0.2, 0.25) is 0 Å². The minimum absolute atomic E-state index is 0.0164. The third kappa shape index (κ3) is 4.53. The van der Waals surface area contributed by atoms with E-state index in [1.807, 2.05) is 30.3 Å². The van der Waals surface area contributed by atoms with Gasteiger partial charge in [0.15, 0.2) is 0 Å². The average Bonchev–Trinajstić information content (AvgIpc) is 2.61. The molecule has 1 heterocycles. The van der Waals surface area contributed by atoms with Crippen LogP contribution in [-0.4, -0.2) is 25.6 Å². The number of carbonyl (C=O) groups is 1. The summed E-state index contributed by atoms with van der Waals surface area (Å²) in [4.78, 5) is 14.7. The van der Waals surface area contributed by atoms with E-state index in [9.17, 15) is 4.79 Å². The van der Waals surface area contributed by atoms with Crippen LogP contribution in [0.15, 0.2) is 48.5 Å². The van der Waals surface area contributed by atoms with Gasteiger partial charge in [0.1, 0.15) is 5.75 Å². The molecule has 4 heteroatoms. The second kappa shape index (κ2) is 8.06. The third-order valence-electron chi connectivity index (χ3n) is 4.27. The van der Waals surface area contributed by atoms with Crippen LogP contribution in [0.5, 0.6) is 5.75 Å². The number of hydrogen-bond donors (Lipinski definition) is 1. The van der Waals surface area contributed by atoms with E-state index in [-0.39, 0.29) is 5.91 Å². The molecule has 132 valence electrons. The van der Waals surface area contributed by atoms with Gasteiger partial charge in [0.05, 0.1) is 18.8 Å². The number of hydrogen-bond acceptors (Lipinski definition) is 3. The molecule has 0 atom stereocenters. The molecule has 1 aliphatic heterocycles. The van der Waals surface area contributed by atoms with Crippen LogP contribution >= 0.6 is 0 Å². The zero-order chi connectivity index (χ0) is 17.6. The first-order valence-electron chi connectivity index (χ1n) is 8.98. The van der Waals surface area contributed by atoms with Crippen molar-refractivity contribution in [3.8, 4) is 5.75 Å². The van der Waals surface area contributed by atoms with Gasteiger partial charge in [-0.1, -0.05) is 44.2 Å². The predicted molar refractivity (Wildman–Crippen MR) is 102 cm³/mol. The largest absolute Gasteiger partial charge is 0.491 e. The van der Waals surface area contributed by atoms with Gasteiger partial charge in [-0.05, 0) is 42.5 Å². The summed E-state index contributed by atoms with van der Waals surface area (Å²) in [6.45, 7) is 6.11. The fourth-order valence-corrected chi connectivity index (χ4v) is 3.09. The molecule has 0 spiro atoms. The van der Waals surface area contributed by atoms with Gasteiger partial charge in [-0.25, -0.2) is 0 Å². The first-order valence-corrected chi connectivity index (χ1v) is 8.98. The van der Waals surface area contributed by atoms with Gasteiger partial charge < -0.3 is 15.0 Å². The Hall–Kier alpha value is -2.49. The number of amides is 1. The number of aryl methyl sites for hydroxylation is 1. The first-order chi connectivity index (χ1) is 12.1. The van der Waals surface area contributed by atoms with Gasteiger partial charge in [-0.15, -0.1) is 0 Å². The van der Waals surface area contributed by atoms with Crippen LogP contribution < -0.4 is 15.0 Å². The quantitative estimate of drug-likeness (QED) is 0.862. The van der Waals surface area contributed by atoms with Crippen LogP contribution in [0.3, 0.4) is 0 Å². The maximum Gasteiger partial charge on any atom is 0.243 e. The molecule has 2 aromatic carbocycles. The van der Waals surface area contributed by atoms with E-state index in [1.165, 1.54) is 11.3 Å². The number of carbonyl (C=O) groups excluding carboxylic acids is 1. The van der Waals surface area contributed by atoms with Gasteiger partial charge in [-0.2, -0.15) is 0 Å². The molecule has 4 nitrogen and oxygen atoms in total. The molecule has 2 aromatic rings. The third-order valence-corrected chi connectivity index (χ3v) is 4.27. The Morgan fingerprint density at radius 2 is 1.92 bits per heavy atom. The van der Waals surface area contributed by atoms with Gasteiger partial charge in [0, 0.05) is 12.2 Å². The summed E-state index contributed by atoms with van der Waals surface area (Å²) in [5, 5.41) is 3.01. The molecular formula is C21H26N2O2. The molecule has 0 aliphatic carbocycles. The van der Waals surface area contributed by atoms with Crippen molar-refractivity contribution in [2.75, 3.05) is 29.9 Å². The lowest BCUT2D eigenvalue weighted by atomic mass is 10.0. The Bertz CT molecular complexity index is 727. The summed E-state index contributed by atoms with van der Waals surface area (Å²) in [6, 6.07) is 16.0. The molecule has 3 rings (SSSR count). The molecule has 25 heavy (non-hydrogen) atoms. The highest BCUT2D eigenvalue weighted by molar-refractivity contribution is 5.95.